The van der Waals surface area contributed by atoms with Crippen molar-refractivity contribution in [2.45, 2.75) is 6.92 Å². The molecule has 1 aromatic carbocycles. The first-order valence-corrected chi connectivity index (χ1v) is 6.93. The average Bonchev–Trinajstić information content (AvgIpc) is 2.57. The molecule has 0 saturated heterocycles. The van der Waals surface area contributed by atoms with Gasteiger partial charge in [-0.1, -0.05) is 0 Å². The number of esters is 1. The van der Waals surface area contributed by atoms with Crippen molar-refractivity contribution in [2.75, 3.05) is 6.61 Å². The number of carbonyl (C=O) groups excluding carboxylic acids is 1. The zero-order chi connectivity index (χ0) is 11.7. The number of ether oxygens (including phenoxy) is 1. The number of rotatable bonds is 2. The number of aromatic nitrogens is 1. The van der Waals surface area contributed by atoms with Gasteiger partial charge in [-0.3, -0.25) is 0 Å². The summed E-state index contributed by atoms with van der Waals surface area (Å²) in [4.78, 5) is 14.8. The van der Waals surface area contributed by atoms with Gasteiger partial charge < -0.3 is 9.72 Å². The predicted octanol–water partition coefficient (Wildman–Crippen LogP) is 3.55. The maximum Gasteiger partial charge on any atom is 0.355 e. The third-order valence-corrected chi connectivity index (χ3v) is 3.97. The third kappa shape index (κ3) is 2.20. The molecular weight excluding hydrogens is 432 g/mol. The maximum absolute atomic E-state index is 11.7. The summed E-state index contributed by atoms with van der Waals surface area (Å²) >= 11 is 4.42. The maximum atomic E-state index is 11.7. The van der Waals surface area contributed by atoms with Crippen LogP contribution in [0.2, 0.25) is 0 Å². The van der Waals surface area contributed by atoms with Crippen LogP contribution < -0.4 is 0 Å². The fraction of sp³-hybridized carbons (Fsp3) is 0.182. The lowest BCUT2D eigenvalue weighted by atomic mass is 10.2. The summed E-state index contributed by atoms with van der Waals surface area (Å²) in [6.45, 7) is 2.19. The Morgan fingerprint density at radius 1 is 1.44 bits per heavy atom. The minimum absolute atomic E-state index is 0.293. The number of halogens is 2. The number of benzene rings is 1. The van der Waals surface area contributed by atoms with Crippen molar-refractivity contribution in [3.8, 4) is 0 Å². The number of hydrogen-bond acceptors (Lipinski definition) is 2. The Bertz CT molecular complexity index is 548. The highest BCUT2D eigenvalue weighted by molar-refractivity contribution is 14.1. The van der Waals surface area contributed by atoms with Gasteiger partial charge in [0.2, 0.25) is 0 Å². The summed E-state index contributed by atoms with van der Waals surface area (Å²) in [5.41, 5.74) is 1.51. The topological polar surface area (TPSA) is 42.1 Å². The quantitative estimate of drug-likeness (QED) is 0.573. The zero-order valence-corrected chi connectivity index (χ0v) is 12.8. The summed E-state index contributed by atoms with van der Waals surface area (Å²) in [7, 11) is 0. The molecule has 0 aliphatic rings. The molecule has 16 heavy (non-hydrogen) atoms. The lowest BCUT2D eigenvalue weighted by Gasteiger charge is -1.98. The lowest BCUT2D eigenvalue weighted by molar-refractivity contribution is 0.0519. The molecule has 1 aromatic heterocycles. The molecule has 0 atom stereocenters. The predicted molar refractivity (Wildman–Crippen MR) is 79.7 cm³/mol. The molecule has 0 bridgehead atoms. The minimum Gasteiger partial charge on any atom is -0.461 e. The molecule has 0 saturated carbocycles. The van der Waals surface area contributed by atoms with Crippen LogP contribution in [0.25, 0.3) is 10.9 Å². The monoisotopic (exact) mass is 441 g/mol. The highest BCUT2D eigenvalue weighted by Crippen LogP contribution is 2.26. The van der Waals surface area contributed by atoms with Crippen molar-refractivity contribution in [3.63, 3.8) is 0 Å². The first kappa shape index (κ1) is 12.2. The Balaban J connectivity index is 2.56. The van der Waals surface area contributed by atoms with E-state index in [0.717, 1.165) is 18.0 Å². The van der Waals surface area contributed by atoms with E-state index < -0.39 is 0 Å². The van der Waals surface area contributed by atoms with E-state index in [1.54, 1.807) is 6.92 Å². The van der Waals surface area contributed by atoms with Crippen molar-refractivity contribution in [1.82, 2.24) is 4.98 Å². The molecule has 0 fully saturated rings. The average molecular weight is 441 g/mol. The molecule has 0 spiro atoms. The molecule has 1 heterocycles. The van der Waals surface area contributed by atoms with Gasteiger partial charge in [0.1, 0.15) is 5.69 Å². The number of carbonyl (C=O) groups is 1. The summed E-state index contributed by atoms with van der Waals surface area (Å²) in [6.07, 6.45) is 0. The van der Waals surface area contributed by atoms with Crippen molar-refractivity contribution in [2.24, 2.45) is 0 Å². The number of nitrogens with one attached hydrogen (secondary N) is 1. The van der Waals surface area contributed by atoms with E-state index in [2.05, 4.69) is 56.2 Å². The van der Waals surface area contributed by atoms with E-state index in [1.807, 2.05) is 12.1 Å². The number of hydrogen-bond donors (Lipinski definition) is 1. The minimum atomic E-state index is -0.293. The van der Waals surface area contributed by atoms with Crippen LogP contribution in [0.5, 0.6) is 0 Å². The molecule has 3 nitrogen and oxygen atoms in total. The Morgan fingerprint density at radius 3 is 2.88 bits per heavy atom. The molecular formula is C11H9I2NO2. The molecule has 84 valence electrons. The first-order valence-electron chi connectivity index (χ1n) is 4.77. The van der Waals surface area contributed by atoms with Crippen LogP contribution in [0, 0.1) is 7.14 Å². The second-order valence-electron chi connectivity index (χ2n) is 3.22. The largest absolute Gasteiger partial charge is 0.461 e. The molecule has 0 aliphatic carbocycles. The van der Waals surface area contributed by atoms with Crippen LogP contribution >= 0.6 is 45.2 Å². The molecule has 2 aromatic rings. The van der Waals surface area contributed by atoms with Gasteiger partial charge in [-0.25, -0.2) is 4.79 Å². The lowest BCUT2D eigenvalue weighted by Crippen LogP contribution is -2.06. The van der Waals surface area contributed by atoms with Gasteiger partial charge in [0.15, 0.2) is 0 Å². The van der Waals surface area contributed by atoms with Crippen molar-refractivity contribution >= 4 is 62.1 Å². The molecule has 0 radical (unpaired) electrons. The molecule has 0 unspecified atom stereocenters. The zero-order valence-electron chi connectivity index (χ0n) is 8.51. The van der Waals surface area contributed by atoms with Crippen molar-refractivity contribution < 1.29 is 9.53 Å². The highest BCUT2D eigenvalue weighted by atomic mass is 127. The third-order valence-electron chi connectivity index (χ3n) is 2.18. The van der Waals surface area contributed by atoms with E-state index in [9.17, 15) is 4.79 Å². The standard InChI is InChI=1S/C11H9I2NO2/c1-2-16-11(15)10-9(13)7-5-6(12)3-4-8(7)14-10/h3-5,14H,2H2,1H3. The SMILES string of the molecule is CCOC(=O)c1[nH]c2ccc(I)cc2c1I. The van der Waals surface area contributed by atoms with Crippen LogP contribution in [0.1, 0.15) is 17.4 Å². The smallest absolute Gasteiger partial charge is 0.355 e. The van der Waals surface area contributed by atoms with Gasteiger partial charge in [0, 0.05) is 14.5 Å². The number of H-pyrrole nitrogens is 1. The van der Waals surface area contributed by atoms with Crippen LogP contribution in [-0.4, -0.2) is 17.6 Å². The Hall–Kier alpha value is -0.310. The molecule has 0 aliphatic heterocycles. The molecule has 5 heteroatoms. The highest BCUT2D eigenvalue weighted by Gasteiger charge is 2.16. The normalized spacial score (nSPS) is 10.7. The first-order chi connectivity index (χ1) is 7.63. The van der Waals surface area contributed by atoms with Gasteiger partial charge in [-0.15, -0.1) is 0 Å². The van der Waals surface area contributed by atoms with Crippen molar-refractivity contribution in [1.29, 1.82) is 0 Å². The summed E-state index contributed by atoms with van der Waals surface area (Å²) in [5, 5.41) is 1.07. The van der Waals surface area contributed by atoms with Gasteiger partial charge in [-0.2, -0.15) is 0 Å². The van der Waals surface area contributed by atoms with E-state index in [0.29, 0.717) is 12.3 Å². The summed E-state index contributed by atoms with van der Waals surface area (Å²) < 4.78 is 7.06. The Labute approximate surface area is 120 Å². The van der Waals surface area contributed by atoms with Gasteiger partial charge >= 0.3 is 5.97 Å². The van der Waals surface area contributed by atoms with Crippen LogP contribution in [0.15, 0.2) is 18.2 Å². The Kier molecular flexibility index (Phi) is 3.73. The second-order valence-corrected chi connectivity index (χ2v) is 5.55. The van der Waals surface area contributed by atoms with E-state index in [-0.39, 0.29) is 5.97 Å². The molecule has 0 amide bonds. The van der Waals surface area contributed by atoms with E-state index in [4.69, 9.17) is 4.74 Å². The number of aromatic amines is 1. The van der Waals surface area contributed by atoms with Gasteiger partial charge in [0.25, 0.3) is 0 Å². The van der Waals surface area contributed by atoms with E-state index in [1.165, 1.54) is 0 Å². The van der Waals surface area contributed by atoms with Crippen LogP contribution in [0.3, 0.4) is 0 Å². The fourth-order valence-electron chi connectivity index (χ4n) is 1.48. The molecule has 2 rings (SSSR count). The fourth-order valence-corrected chi connectivity index (χ4v) is 2.77. The summed E-state index contributed by atoms with van der Waals surface area (Å²) in [5.74, 6) is -0.293. The summed E-state index contributed by atoms with van der Waals surface area (Å²) in [6, 6.07) is 6.03. The number of fused-ring (bicyclic) bond motifs is 1. The Morgan fingerprint density at radius 2 is 2.19 bits per heavy atom. The van der Waals surface area contributed by atoms with Gasteiger partial charge in [0.05, 0.1) is 10.2 Å². The molecule has 1 N–H and O–H groups in total. The van der Waals surface area contributed by atoms with Crippen LogP contribution in [-0.2, 0) is 4.74 Å². The van der Waals surface area contributed by atoms with Crippen molar-refractivity contribution in [3.05, 3.63) is 31.0 Å². The van der Waals surface area contributed by atoms with E-state index >= 15 is 0 Å². The van der Waals surface area contributed by atoms with Crippen LogP contribution in [0.4, 0.5) is 0 Å². The van der Waals surface area contributed by atoms with Gasteiger partial charge in [-0.05, 0) is 70.3 Å². The second kappa shape index (κ2) is 4.91.